The van der Waals surface area contributed by atoms with Crippen LogP contribution < -0.4 is 19.6 Å². The number of ether oxygens (including phenoxy) is 3. The Hall–Kier alpha value is -4.02. The highest BCUT2D eigenvalue weighted by molar-refractivity contribution is 7.10. The summed E-state index contributed by atoms with van der Waals surface area (Å²) in [4.78, 5) is 45.6. The molecule has 0 aliphatic carbocycles. The Bertz CT molecular complexity index is 1800. The van der Waals surface area contributed by atoms with Gasteiger partial charge in [0.2, 0.25) is 0 Å². The van der Waals surface area contributed by atoms with Gasteiger partial charge in [0.25, 0.3) is 5.56 Å². The zero-order chi connectivity index (χ0) is 28.9. The first kappa shape index (κ1) is 28.5. The maximum absolute atomic E-state index is 14.1. The molecule has 4 aromatic rings. The van der Waals surface area contributed by atoms with Crippen LogP contribution in [0.3, 0.4) is 0 Å². The zero-order valence-electron chi connectivity index (χ0n) is 23.0. The summed E-state index contributed by atoms with van der Waals surface area (Å²) in [6, 6.07) is 14.7. The topological polar surface area (TPSA) is 96.2 Å². The van der Waals surface area contributed by atoms with Crippen molar-refractivity contribution in [3.63, 3.8) is 0 Å². The highest BCUT2D eigenvalue weighted by atomic mass is 32.1. The van der Waals surface area contributed by atoms with E-state index in [1.165, 1.54) is 22.7 Å². The number of thiophene rings is 1. The number of rotatable bonds is 10. The second-order valence-corrected chi connectivity index (χ2v) is 11.2. The van der Waals surface area contributed by atoms with Crippen LogP contribution in [0.25, 0.3) is 16.8 Å². The molecule has 0 saturated carbocycles. The minimum absolute atomic E-state index is 0.221. The second-order valence-electron chi connectivity index (χ2n) is 9.22. The van der Waals surface area contributed by atoms with Crippen molar-refractivity contribution in [2.45, 2.75) is 39.7 Å². The van der Waals surface area contributed by atoms with Crippen LogP contribution in [0.1, 0.15) is 50.1 Å². The fraction of sp³-hybridized carbons (Fsp3) is 0.290. The summed E-state index contributed by atoms with van der Waals surface area (Å²) in [5, 5.41) is 3.76. The number of esters is 2. The third kappa shape index (κ3) is 5.75. The Morgan fingerprint density at radius 2 is 1.83 bits per heavy atom. The van der Waals surface area contributed by atoms with Crippen molar-refractivity contribution in [3.05, 3.63) is 95.3 Å². The van der Waals surface area contributed by atoms with Crippen molar-refractivity contribution in [1.29, 1.82) is 0 Å². The molecule has 0 radical (unpaired) electrons. The monoisotopic (exact) mass is 590 g/mol. The van der Waals surface area contributed by atoms with Gasteiger partial charge in [-0.3, -0.25) is 9.36 Å². The van der Waals surface area contributed by atoms with Gasteiger partial charge in [0.05, 0.1) is 29.0 Å². The first-order valence-electron chi connectivity index (χ1n) is 13.5. The van der Waals surface area contributed by atoms with Gasteiger partial charge in [-0.1, -0.05) is 61.1 Å². The number of allylic oxidation sites excluding steroid dienone is 1. The molecular formula is C31H30N2O6S2. The number of thiazole rings is 1. The number of aromatic nitrogens is 1. The molecule has 8 nitrogen and oxygen atoms in total. The van der Waals surface area contributed by atoms with E-state index in [0.29, 0.717) is 38.3 Å². The predicted molar refractivity (Wildman–Crippen MR) is 160 cm³/mol. The lowest BCUT2D eigenvalue weighted by Crippen LogP contribution is -2.39. The molecule has 2 aromatic heterocycles. The fourth-order valence-electron chi connectivity index (χ4n) is 4.86. The first-order chi connectivity index (χ1) is 20.0. The standard InChI is InChI=1S/C31H30N2O6S2/c1-4-10-22-27(30(36)38-6-3)28(24-13-9-16-40-24)33-29(35)25(41-31(33)32-22)17-21-20-12-8-7-11-19(20)14-15-23(21)39-18-26(34)37-5-2/h7-9,11-17,28H,4-6,10,18H2,1-3H3/b25-17-/t28-/m1/s1. The summed E-state index contributed by atoms with van der Waals surface area (Å²) in [5.74, 6) is -0.482. The molecule has 0 spiro atoms. The fourth-order valence-corrected chi connectivity index (χ4v) is 6.68. The molecule has 0 fully saturated rings. The molecule has 0 bridgehead atoms. The lowest BCUT2D eigenvalue weighted by molar-refractivity contribution is -0.145. The maximum Gasteiger partial charge on any atom is 0.344 e. The second kappa shape index (κ2) is 12.7. The van der Waals surface area contributed by atoms with Gasteiger partial charge in [0.1, 0.15) is 11.8 Å². The number of hydrogen-bond acceptors (Lipinski definition) is 9. The summed E-state index contributed by atoms with van der Waals surface area (Å²) in [5.41, 5.74) is 1.44. The summed E-state index contributed by atoms with van der Waals surface area (Å²) >= 11 is 2.74. The van der Waals surface area contributed by atoms with Crippen molar-refractivity contribution in [1.82, 2.24) is 4.57 Å². The SMILES string of the molecule is CCCC1=C(C(=O)OCC)[C@@H](c2cccs2)n2c(s/c(=C\c3c(OCC(=O)OCC)ccc4ccccc34)c2=O)=N1. The Labute approximate surface area is 244 Å². The molecule has 0 saturated heterocycles. The molecule has 3 heterocycles. The summed E-state index contributed by atoms with van der Waals surface area (Å²) in [7, 11) is 0. The number of fused-ring (bicyclic) bond motifs is 2. The van der Waals surface area contributed by atoms with Gasteiger partial charge in [-0.15, -0.1) is 11.3 Å². The molecule has 0 unspecified atom stereocenters. The average Bonchev–Trinajstić information content (AvgIpc) is 3.61. The molecule has 0 amide bonds. The van der Waals surface area contributed by atoms with E-state index in [9.17, 15) is 14.4 Å². The molecule has 10 heteroatoms. The van der Waals surface area contributed by atoms with Crippen molar-refractivity contribution >= 4 is 51.5 Å². The quantitative estimate of drug-likeness (QED) is 0.248. The van der Waals surface area contributed by atoms with Gasteiger partial charge in [0, 0.05) is 10.4 Å². The van der Waals surface area contributed by atoms with Crippen molar-refractivity contribution in [2.75, 3.05) is 19.8 Å². The van der Waals surface area contributed by atoms with E-state index in [0.717, 1.165) is 22.1 Å². The number of benzene rings is 2. The molecule has 2 aromatic carbocycles. The van der Waals surface area contributed by atoms with Gasteiger partial charge in [-0.2, -0.15) is 0 Å². The smallest absolute Gasteiger partial charge is 0.344 e. The lowest BCUT2D eigenvalue weighted by Gasteiger charge is -2.24. The normalized spacial score (nSPS) is 15.0. The summed E-state index contributed by atoms with van der Waals surface area (Å²) < 4.78 is 18.4. The van der Waals surface area contributed by atoms with Crippen molar-refractivity contribution in [3.8, 4) is 5.75 Å². The van der Waals surface area contributed by atoms with Gasteiger partial charge < -0.3 is 14.2 Å². The van der Waals surface area contributed by atoms with Gasteiger partial charge >= 0.3 is 11.9 Å². The maximum atomic E-state index is 14.1. The molecule has 1 aliphatic rings. The largest absolute Gasteiger partial charge is 0.481 e. The molecule has 0 N–H and O–H groups in total. The van der Waals surface area contributed by atoms with Crippen LogP contribution in [0.4, 0.5) is 0 Å². The Balaban J connectivity index is 1.72. The Morgan fingerprint density at radius 3 is 2.56 bits per heavy atom. The van der Waals surface area contributed by atoms with E-state index >= 15 is 0 Å². The van der Waals surface area contributed by atoms with Gasteiger partial charge in [-0.05, 0) is 54.6 Å². The van der Waals surface area contributed by atoms with Crippen LogP contribution in [-0.2, 0) is 19.1 Å². The van der Waals surface area contributed by atoms with Crippen LogP contribution in [0.15, 0.2) is 75.0 Å². The number of carbonyl (C=O) groups is 2. The van der Waals surface area contributed by atoms with E-state index in [1.54, 1.807) is 30.6 Å². The van der Waals surface area contributed by atoms with Crippen LogP contribution in [0.2, 0.25) is 0 Å². The van der Waals surface area contributed by atoms with Gasteiger partial charge in [0.15, 0.2) is 11.4 Å². The Kier molecular flexibility index (Phi) is 8.80. The first-order valence-corrected chi connectivity index (χ1v) is 15.2. The highest BCUT2D eigenvalue weighted by Crippen LogP contribution is 2.35. The van der Waals surface area contributed by atoms with E-state index in [4.69, 9.17) is 19.2 Å². The zero-order valence-corrected chi connectivity index (χ0v) is 24.7. The molecule has 212 valence electrons. The van der Waals surface area contributed by atoms with E-state index < -0.39 is 18.0 Å². The Morgan fingerprint density at radius 1 is 1.02 bits per heavy atom. The molecule has 1 aliphatic heterocycles. The minimum atomic E-state index is -0.638. The summed E-state index contributed by atoms with van der Waals surface area (Å²) in [6.45, 7) is 5.75. The molecular weight excluding hydrogens is 560 g/mol. The van der Waals surface area contributed by atoms with Crippen LogP contribution >= 0.6 is 22.7 Å². The third-order valence-electron chi connectivity index (χ3n) is 6.56. The van der Waals surface area contributed by atoms with Crippen molar-refractivity contribution < 1.29 is 23.8 Å². The highest BCUT2D eigenvalue weighted by Gasteiger charge is 2.34. The molecule has 1 atom stereocenters. The molecule has 41 heavy (non-hydrogen) atoms. The lowest BCUT2D eigenvalue weighted by atomic mass is 9.99. The predicted octanol–water partition coefficient (Wildman–Crippen LogP) is 4.74. The van der Waals surface area contributed by atoms with Gasteiger partial charge in [-0.25, -0.2) is 14.6 Å². The van der Waals surface area contributed by atoms with Crippen LogP contribution in [-0.4, -0.2) is 36.3 Å². The molecule has 5 rings (SSSR count). The number of hydrogen-bond donors (Lipinski definition) is 0. The van der Waals surface area contributed by atoms with E-state index in [2.05, 4.69) is 0 Å². The minimum Gasteiger partial charge on any atom is -0.481 e. The van der Waals surface area contributed by atoms with Crippen molar-refractivity contribution in [2.24, 2.45) is 4.99 Å². The van der Waals surface area contributed by atoms with Crippen LogP contribution in [0.5, 0.6) is 5.75 Å². The summed E-state index contributed by atoms with van der Waals surface area (Å²) in [6.07, 6.45) is 3.15. The van der Waals surface area contributed by atoms with Crippen LogP contribution in [0, 0.1) is 0 Å². The number of nitrogens with zero attached hydrogens (tertiary/aromatic N) is 2. The number of carbonyl (C=O) groups excluding carboxylic acids is 2. The van der Waals surface area contributed by atoms with E-state index in [-0.39, 0.29) is 25.4 Å². The average molecular weight is 591 g/mol. The third-order valence-corrected chi connectivity index (χ3v) is 8.47. The van der Waals surface area contributed by atoms with E-state index in [1.807, 2.05) is 54.8 Å².